The van der Waals surface area contributed by atoms with Gasteiger partial charge in [0.1, 0.15) is 0 Å². The molecule has 0 fully saturated rings. The minimum atomic E-state index is 0.630. The fraction of sp³-hybridized carbons (Fsp3) is 0.267. The minimum absolute atomic E-state index is 0.630. The lowest BCUT2D eigenvalue weighted by Gasteiger charge is -2.05. The molecule has 0 aliphatic rings. The number of hydrogen-bond donors (Lipinski definition) is 1. The van der Waals surface area contributed by atoms with E-state index in [2.05, 4.69) is 16.5 Å². The molecule has 0 atom stereocenters. The summed E-state index contributed by atoms with van der Waals surface area (Å²) in [5, 5.41) is 15.3. The molecular formula is C15H18N4O2. The van der Waals surface area contributed by atoms with E-state index in [1.807, 2.05) is 19.1 Å². The zero-order valence-corrected chi connectivity index (χ0v) is 12.1. The van der Waals surface area contributed by atoms with Gasteiger partial charge in [-0.2, -0.15) is 10.4 Å². The number of nitrogens with zero attached hydrogens (tertiary/aromatic N) is 3. The maximum absolute atomic E-state index is 9.45. The molecule has 110 valence electrons. The van der Waals surface area contributed by atoms with Crippen molar-refractivity contribution in [1.29, 1.82) is 5.26 Å². The number of aromatic nitrogens is 2. The first kappa shape index (κ1) is 16.2. The average molecular weight is 286 g/mol. The summed E-state index contributed by atoms with van der Waals surface area (Å²) < 4.78 is 6.80. The van der Waals surface area contributed by atoms with Gasteiger partial charge >= 0.3 is 0 Å². The van der Waals surface area contributed by atoms with Gasteiger partial charge in [-0.1, -0.05) is 6.92 Å². The van der Waals surface area contributed by atoms with Crippen molar-refractivity contribution in [3.05, 3.63) is 42.1 Å². The molecule has 2 rings (SSSR count). The molecule has 0 saturated carbocycles. The van der Waals surface area contributed by atoms with Crippen LogP contribution in [0.5, 0.6) is 5.88 Å². The van der Waals surface area contributed by atoms with Crippen molar-refractivity contribution in [2.75, 3.05) is 13.7 Å². The highest BCUT2D eigenvalue weighted by Crippen LogP contribution is 2.16. The van der Waals surface area contributed by atoms with Gasteiger partial charge in [-0.15, -0.1) is 0 Å². The Bertz CT molecular complexity index is 584. The van der Waals surface area contributed by atoms with Gasteiger partial charge in [0.15, 0.2) is 0 Å². The molecule has 21 heavy (non-hydrogen) atoms. The van der Waals surface area contributed by atoms with Gasteiger partial charge < -0.3 is 10.1 Å². The molecule has 6 heteroatoms. The standard InChI is InChI=1S/C11H9N3O.C4H9NO/c1-15-11-6-7-13-14(11)10-4-2-9(8-12)3-5-10;1-2-3-5-4-6/h2-7H,1H3;4H,2-3H2,1H3,(H,5,6). The lowest BCUT2D eigenvalue weighted by molar-refractivity contribution is -0.109. The van der Waals surface area contributed by atoms with Crippen LogP contribution in [0.4, 0.5) is 0 Å². The number of nitriles is 1. The van der Waals surface area contributed by atoms with E-state index in [4.69, 9.17) is 10.00 Å². The highest BCUT2D eigenvalue weighted by Gasteiger charge is 2.03. The lowest BCUT2D eigenvalue weighted by atomic mass is 10.2. The Hall–Kier alpha value is -2.81. The number of amides is 1. The van der Waals surface area contributed by atoms with Gasteiger partial charge in [-0.05, 0) is 30.7 Å². The van der Waals surface area contributed by atoms with Crippen LogP contribution < -0.4 is 10.1 Å². The fourth-order valence-corrected chi connectivity index (χ4v) is 1.52. The normalized spacial score (nSPS) is 9.00. The Morgan fingerprint density at radius 3 is 2.57 bits per heavy atom. The zero-order valence-electron chi connectivity index (χ0n) is 12.1. The highest BCUT2D eigenvalue weighted by molar-refractivity contribution is 5.45. The average Bonchev–Trinajstić information content (AvgIpc) is 3.02. The lowest BCUT2D eigenvalue weighted by Crippen LogP contribution is -2.10. The van der Waals surface area contributed by atoms with E-state index in [1.54, 1.807) is 36.2 Å². The van der Waals surface area contributed by atoms with Crippen molar-refractivity contribution in [2.24, 2.45) is 0 Å². The van der Waals surface area contributed by atoms with E-state index in [0.717, 1.165) is 18.7 Å². The number of rotatable bonds is 5. The van der Waals surface area contributed by atoms with Crippen LogP contribution in [0.15, 0.2) is 36.5 Å². The first-order chi connectivity index (χ1) is 10.3. The van der Waals surface area contributed by atoms with Crippen molar-refractivity contribution in [2.45, 2.75) is 13.3 Å². The van der Waals surface area contributed by atoms with Crippen molar-refractivity contribution >= 4 is 6.41 Å². The monoisotopic (exact) mass is 286 g/mol. The summed E-state index contributed by atoms with van der Waals surface area (Å²) in [4.78, 5) is 9.45. The topological polar surface area (TPSA) is 79.9 Å². The first-order valence-electron chi connectivity index (χ1n) is 6.52. The Morgan fingerprint density at radius 2 is 2.10 bits per heavy atom. The number of methoxy groups -OCH3 is 1. The maximum Gasteiger partial charge on any atom is 0.216 e. The predicted molar refractivity (Wildman–Crippen MR) is 79.2 cm³/mol. The van der Waals surface area contributed by atoms with Crippen molar-refractivity contribution in [1.82, 2.24) is 15.1 Å². The van der Waals surface area contributed by atoms with Crippen LogP contribution in [0.2, 0.25) is 0 Å². The van der Waals surface area contributed by atoms with Crippen LogP contribution in [-0.2, 0) is 4.79 Å². The third-order valence-corrected chi connectivity index (χ3v) is 2.54. The van der Waals surface area contributed by atoms with Crippen LogP contribution in [0, 0.1) is 11.3 Å². The Labute approximate surface area is 124 Å². The Morgan fingerprint density at radius 1 is 1.38 bits per heavy atom. The molecule has 0 aliphatic heterocycles. The number of ether oxygens (including phenoxy) is 1. The molecule has 2 aromatic rings. The number of nitrogens with one attached hydrogen (secondary N) is 1. The molecule has 1 aromatic carbocycles. The van der Waals surface area contributed by atoms with Crippen molar-refractivity contribution in [3.63, 3.8) is 0 Å². The molecule has 1 aromatic heterocycles. The second-order valence-corrected chi connectivity index (χ2v) is 4.02. The van der Waals surface area contributed by atoms with Gasteiger partial charge in [-0.3, -0.25) is 4.79 Å². The van der Waals surface area contributed by atoms with Crippen LogP contribution in [0.3, 0.4) is 0 Å². The SMILES string of the molecule is CCCNC=O.COc1ccnn1-c1ccc(C#N)cc1. The Kier molecular flexibility index (Phi) is 7.08. The van der Waals surface area contributed by atoms with Crippen LogP contribution in [0.1, 0.15) is 18.9 Å². The van der Waals surface area contributed by atoms with Crippen LogP contribution in [0.25, 0.3) is 5.69 Å². The zero-order chi connectivity index (χ0) is 15.5. The van der Waals surface area contributed by atoms with Gasteiger partial charge in [0, 0.05) is 12.6 Å². The van der Waals surface area contributed by atoms with Crippen LogP contribution in [-0.4, -0.2) is 29.8 Å². The molecule has 0 aliphatic carbocycles. The molecular weight excluding hydrogens is 268 g/mol. The van der Waals surface area contributed by atoms with E-state index < -0.39 is 0 Å². The molecule has 0 saturated heterocycles. The molecule has 0 radical (unpaired) electrons. The molecule has 1 heterocycles. The Balaban J connectivity index is 0.000000315. The van der Waals surface area contributed by atoms with Gasteiger partial charge in [0.25, 0.3) is 0 Å². The number of hydrogen-bond acceptors (Lipinski definition) is 4. The number of carbonyl (C=O) groups excluding carboxylic acids is 1. The van der Waals surface area contributed by atoms with E-state index in [1.165, 1.54) is 0 Å². The maximum atomic E-state index is 9.45. The second kappa shape index (κ2) is 9.15. The highest BCUT2D eigenvalue weighted by atomic mass is 16.5. The van der Waals surface area contributed by atoms with Gasteiger partial charge in [-0.25, -0.2) is 4.68 Å². The summed E-state index contributed by atoms with van der Waals surface area (Å²) >= 11 is 0. The first-order valence-corrected chi connectivity index (χ1v) is 6.52. The summed E-state index contributed by atoms with van der Waals surface area (Å²) in [6, 6.07) is 11.0. The van der Waals surface area contributed by atoms with Crippen molar-refractivity contribution in [3.8, 4) is 17.6 Å². The van der Waals surface area contributed by atoms with Crippen molar-refractivity contribution < 1.29 is 9.53 Å². The molecule has 0 unspecified atom stereocenters. The summed E-state index contributed by atoms with van der Waals surface area (Å²) in [6.07, 6.45) is 3.39. The van der Waals surface area contributed by atoms with Gasteiger partial charge in [0.2, 0.25) is 12.3 Å². The largest absolute Gasteiger partial charge is 0.481 e. The minimum Gasteiger partial charge on any atom is -0.481 e. The van der Waals surface area contributed by atoms with Crippen LogP contribution >= 0.6 is 0 Å². The summed E-state index contributed by atoms with van der Waals surface area (Å²) in [7, 11) is 1.59. The van der Waals surface area contributed by atoms with Gasteiger partial charge in [0.05, 0.1) is 30.6 Å². The second-order valence-electron chi connectivity index (χ2n) is 4.02. The third-order valence-electron chi connectivity index (χ3n) is 2.54. The number of carbonyl (C=O) groups is 1. The fourth-order valence-electron chi connectivity index (χ4n) is 1.52. The molecule has 6 nitrogen and oxygen atoms in total. The van der Waals surface area contributed by atoms with E-state index >= 15 is 0 Å². The molecule has 0 spiro atoms. The predicted octanol–water partition coefficient (Wildman–Crippen LogP) is 1.89. The van der Waals surface area contributed by atoms with E-state index in [-0.39, 0.29) is 0 Å². The summed E-state index contributed by atoms with van der Waals surface area (Å²) in [5.74, 6) is 0.666. The molecule has 1 N–H and O–H groups in total. The molecule has 1 amide bonds. The third kappa shape index (κ3) is 4.99. The number of benzene rings is 1. The smallest absolute Gasteiger partial charge is 0.216 e. The summed E-state index contributed by atoms with van der Waals surface area (Å²) in [5.41, 5.74) is 1.50. The quantitative estimate of drug-likeness (QED) is 0.672. The van der Waals surface area contributed by atoms with E-state index in [0.29, 0.717) is 17.9 Å². The molecule has 0 bridgehead atoms. The van der Waals surface area contributed by atoms with E-state index in [9.17, 15) is 4.79 Å². The summed E-state index contributed by atoms with van der Waals surface area (Å²) in [6.45, 7) is 2.81.